The Bertz CT molecular complexity index is 1750. The van der Waals surface area contributed by atoms with Gasteiger partial charge in [-0.2, -0.15) is 0 Å². The minimum Gasteiger partial charge on any atom is -0.474 e. The van der Waals surface area contributed by atoms with Gasteiger partial charge in [-0.1, -0.05) is 63.2 Å². The molecule has 0 radical (unpaired) electrons. The van der Waals surface area contributed by atoms with Gasteiger partial charge in [-0.3, -0.25) is 9.20 Å². The molecule has 0 bridgehead atoms. The van der Waals surface area contributed by atoms with E-state index in [0.29, 0.717) is 31.1 Å². The van der Waals surface area contributed by atoms with Gasteiger partial charge < -0.3 is 23.4 Å². The Kier molecular flexibility index (Phi) is 9.80. The third-order valence-electron chi connectivity index (χ3n) is 8.98. The number of esters is 1. The molecule has 0 spiro atoms. The molecule has 4 heterocycles. The highest BCUT2D eigenvalue weighted by Crippen LogP contribution is 2.36. The lowest BCUT2D eigenvalue weighted by Gasteiger charge is -2.43. The van der Waals surface area contributed by atoms with Gasteiger partial charge in [0.1, 0.15) is 29.3 Å². The first-order valence-electron chi connectivity index (χ1n) is 15.7. The molecule has 6 rings (SSSR count). The van der Waals surface area contributed by atoms with Crippen molar-refractivity contribution in [1.82, 2.24) is 9.38 Å². The first-order chi connectivity index (χ1) is 22.2. The maximum Gasteiger partial charge on any atom is 0.302 e. The second kappa shape index (κ2) is 14.1. The third-order valence-corrected chi connectivity index (χ3v) is 9.36. The van der Waals surface area contributed by atoms with Crippen LogP contribution in [0.1, 0.15) is 55.8 Å². The van der Waals surface area contributed by atoms with Crippen molar-refractivity contribution in [2.24, 2.45) is 17.8 Å². The average Bonchev–Trinajstić information content (AvgIpc) is 3.68. The van der Waals surface area contributed by atoms with Crippen LogP contribution in [0.2, 0.25) is 0 Å². The fourth-order valence-electron chi connectivity index (χ4n) is 6.00. The lowest BCUT2D eigenvalue weighted by atomic mass is 9.79. The van der Waals surface area contributed by atoms with E-state index in [1.54, 1.807) is 6.26 Å². The summed E-state index contributed by atoms with van der Waals surface area (Å²) >= 11 is 3.62. The molecule has 240 valence electrons. The molecule has 5 unspecified atom stereocenters. The first-order valence-corrected chi connectivity index (χ1v) is 16.5. The van der Waals surface area contributed by atoms with E-state index in [2.05, 4.69) is 59.3 Å². The number of ether oxygens (including phenoxy) is 4. The monoisotopic (exact) mass is 686 g/mol. The second-order valence-electron chi connectivity index (χ2n) is 12.1. The Balaban J connectivity index is 1.19. The fourth-order valence-corrected chi connectivity index (χ4v) is 6.42. The van der Waals surface area contributed by atoms with Crippen molar-refractivity contribution >= 4 is 27.4 Å². The smallest absolute Gasteiger partial charge is 0.302 e. The summed E-state index contributed by atoms with van der Waals surface area (Å²) in [6.45, 7) is 8.46. The Morgan fingerprint density at radius 1 is 0.935 bits per heavy atom. The van der Waals surface area contributed by atoms with Gasteiger partial charge in [-0.25, -0.2) is 4.98 Å². The van der Waals surface area contributed by atoms with Gasteiger partial charge in [0.05, 0.1) is 23.6 Å². The van der Waals surface area contributed by atoms with E-state index >= 15 is 0 Å². The van der Waals surface area contributed by atoms with Gasteiger partial charge in [0, 0.05) is 37.4 Å². The quantitative estimate of drug-likeness (QED) is 0.130. The van der Waals surface area contributed by atoms with Crippen LogP contribution in [0.3, 0.4) is 0 Å². The van der Waals surface area contributed by atoms with E-state index in [9.17, 15) is 4.79 Å². The Morgan fingerprint density at radius 3 is 2.43 bits per heavy atom. The topological polar surface area (TPSA) is 84.4 Å². The number of furan rings is 1. The summed E-state index contributed by atoms with van der Waals surface area (Å²) in [7, 11) is 0. The van der Waals surface area contributed by atoms with Crippen LogP contribution >= 0.6 is 15.9 Å². The number of benzene rings is 2. The van der Waals surface area contributed by atoms with Crippen molar-refractivity contribution in [3.8, 4) is 11.6 Å². The van der Waals surface area contributed by atoms with Crippen molar-refractivity contribution in [1.29, 1.82) is 0 Å². The molecule has 0 saturated carbocycles. The number of carbonyl (C=O) groups is 1. The summed E-state index contributed by atoms with van der Waals surface area (Å²) in [4.78, 5) is 16.2. The maximum absolute atomic E-state index is 11.4. The van der Waals surface area contributed by atoms with Crippen molar-refractivity contribution in [2.45, 2.75) is 59.5 Å². The van der Waals surface area contributed by atoms with E-state index in [0.717, 1.165) is 38.6 Å². The molecule has 1 saturated heterocycles. The second-order valence-corrected chi connectivity index (χ2v) is 12.9. The largest absolute Gasteiger partial charge is 0.474 e. The normalized spacial score (nSPS) is 21.3. The molecule has 9 heteroatoms. The molecule has 5 aromatic rings. The molecule has 8 nitrogen and oxygen atoms in total. The number of rotatable bonds is 11. The standard InChI is InChI=1S/C37H39BrN2O6/c1-23-24(2)34(22-43-26(4)41)46-37(25(23)3)45-30-14-12-28(13-15-30)21-44-36-29(18-31-11-8-16-42-31)19-33-32(39-35(38)20-40(33)36)17-27-9-6-5-7-10-27/h5-16,19-20,23-25,34,37H,17-18,21-22H2,1-4H3. The van der Waals surface area contributed by atoms with Crippen LogP contribution in [-0.4, -0.2) is 34.4 Å². The zero-order valence-corrected chi connectivity index (χ0v) is 28.1. The van der Waals surface area contributed by atoms with E-state index in [1.165, 1.54) is 12.5 Å². The Labute approximate surface area is 277 Å². The minimum absolute atomic E-state index is 0.169. The molecule has 0 aliphatic carbocycles. The lowest BCUT2D eigenvalue weighted by Crippen LogP contribution is -2.49. The number of fused-ring (bicyclic) bond motifs is 1. The van der Waals surface area contributed by atoms with Crippen molar-refractivity contribution in [3.05, 3.63) is 118 Å². The first kappa shape index (κ1) is 31.9. The summed E-state index contributed by atoms with van der Waals surface area (Å²) in [6.07, 6.45) is 4.26. The highest BCUT2D eigenvalue weighted by Gasteiger charge is 2.40. The van der Waals surface area contributed by atoms with Crippen molar-refractivity contribution in [3.63, 3.8) is 0 Å². The minimum atomic E-state index is -0.442. The summed E-state index contributed by atoms with van der Waals surface area (Å²) in [5.74, 6) is 2.75. The van der Waals surface area contributed by atoms with E-state index in [4.69, 9.17) is 28.3 Å². The van der Waals surface area contributed by atoms with Crippen LogP contribution in [0.4, 0.5) is 0 Å². The number of aromatic nitrogens is 2. The van der Waals surface area contributed by atoms with Crippen molar-refractivity contribution in [2.75, 3.05) is 6.61 Å². The number of carbonyl (C=O) groups excluding carboxylic acids is 1. The number of nitrogens with zero attached hydrogens (tertiary/aromatic N) is 2. The molecule has 1 aliphatic rings. The van der Waals surface area contributed by atoms with Crippen LogP contribution in [0.15, 0.2) is 94.3 Å². The van der Waals surface area contributed by atoms with Gasteiger partial charge in [0.25, 0.3) is 0 Å². The zero-order valence-electron chi connectivity index (χ0n) is 26.5. The Morgan fingerprint density at radius 2 is 1.72 bits per heavy atom. The van der Waals surface area contributed by atoms with Crippen LogP contribution in [0.25, 0.3) is 5.52 Å². The van der Waals surface area contributed by atoms with E-state index < -0.39 is 6.29 Å². The molecular formula is C37H39BrN2O6. The van der Waals surface area contributed by atoms with E-state index in [1.807, 2.05) is 60.8 Å². The molecule has 3 aromatic heterocycles. The predicted octanol–water partition coefficient (Wildman–Crippen LogP) is 8.03. The van der Waals surface area contributed by atoms with Gasteiger partial charge >= 0.3 is 5.97 Å². The highest BCUT2D eigenvalue weighted by atomic mass is 79.9. The summed E-state index contributed by atoms with van der Waals surface area (Å²) in [5, 5.41) is 0. The molecule has 46 heavy (non-hydrogen) atoms. The number of hydrogen-bond donors (Lipinski definition) is 0. The van der Waals surface area contributed by atoms with Crippen molar-refractivity contribution < 1.29 is 28.2 Å². The lowest BCUT2D eigenvalue weighted by molar-refractivity contribution is -0.223. The summed E-state index contributed by atoms with van der Waals surface area (Å²) in [6, 6.07) is 24.2. The zero-order chi connectivity index (χ0) is 32.2. The molecule has 2 aromatic carbocycles. The van der Waals surface area contributed by atoms with Gasteiger partial charge in [0.2, 0.25) is 12.2 Å². The third kappa shape index (κ3) is 7.32. The number of halogens is 1. The molecule has 1 aliphatic heterocycles. The summed E-state index contributed by atoms with van der Waals surface area (Å²) < 4.78 is 32.9. The van der Waals surface area contributed by atoms with Gasteiger partial charge in [-0.05, 0) is 69.2 Å². The van der Waals surface area contributed by atoms with Gasteiger partial charge in [0.15, 0.2) is 0 Å². The highest BCUT2D eigenvalue weighted by molar-refractivity contribution is 9.10. The van der Waals surface area contributed by atoms with Gasteiger partial charge in [-0.15, -0.1) is 0 Å². The SMILES string of the molecule is CC(=O)OCC1OC(Oc2ccc(COc3c(Cc4ccco4)cc4c(Cc5ccccc5)nc(Br)cn34)cc2)C(C)C(C)C1C. The van der Waals surface area contributed by atoms with Crippen LogP contribution in [0, 0.1) is 17.8 Å². The molecule has 1 fully saturated rings. The Hall–Kier alpha value is -4.08. The molecule has 5 atom stereocenters. The average molecular weight is 688 g/mol. The molecular weight excluding hydrogens is 648 g/mol. The molecule has 0 amide bonds. The fraction of sp³-hybridized carbons (Fsp3) is 0.351. The van der Waals surface area contributed by atoms with E-state index in [-0.39, 0.29) is 30.5 Å². The predicted molar refractivity (Wildman–Crippen MR) is 178 cm³/mol. The van der Waals surface area contributed by atoms with Crippen LogP contribution < -0.4 is 9.47 Å². The maximum atomic E-state index is 11.4. The number of hydrogen-bond acceptors (Lipinski definition) is 7. The van der Waals surface area contributed by atoms with Crippen LogP contribution in [0.5, 0.6) is 11.6 Å². The summed E-state index contributed by atoms with van der Waals surface area (Å²) in [5.41, 5.74) is 5.14. The van der Waals surface area contributed by atoms with Crippen LogP contribution in [-0.2, 0) is 33.7 Å². The molecule has 0 N–H and O–H groups in total.